The summed E-state index contributed by atoms with van der Waals surface area (Å²) >= 11 is 0. The van der Waals surface area contributed by atoms with E-state index >= 15 is 0 Å². The fraction of sp³-hybridized carbons (Fsp3) is 0.464. The Morgan fingerprint density at radius 1 is 1.03 bits per heavy atom. The van der Waals surface area contributed by atoms with Gasteiger partial charge in [-0.15, -0.1) is 0 Å². The first-order chi connectivity index (χ1) is 15.9. The summed E-state index contributed by atoms with van der Waals surface area (Å²) in [6, 6.07) is 15.3. The van der Waals surface area contributed by atoms with E-state index in [0.717, 1.165) is 24.9 Å². The van der Waals surface area contributed by atoms with Crippen molar-refractivity contribution in [3.05, 3.63) is 70.3 Å². The highest BCUT2D eigenvalue weighted by Gasteiger charge is 2.29. The third-order valence-electron chi connectivity index (χ3n) is 6.09. The Morgan fingerprint density at radius 2 is 1.73 bits per heavy atom. The second-order valence-corrected chi connectivity index (χ2v) is 9.12. The van der Waals surface area contributed by atoms with Crippen LogP contribution in [-0.4, -0.2) is 26.9 Å². The summed E-state index contributed by atoms with van der Waals surface area (Å²) in [4.78, 5) is 34.0. The molecule has 5 heteroatoms. The molecule has 0 aliphatic carbocycles. The molecule has 0 saturated heterocycles. The van der Waals surface area contributed by atoms with Crippen molar-refractivity contribution in [3.8, 4) is 5.69 Å². The maximum atomic E-state index is 13.7. The van der Waals surface area contributed by atoms with Gasteiger partial charge in [0.1, 0.15) is 5.82 Å². The minimum atomic E-state index is -0.278. The lowest BCUT2D eigenvalue weighted by Crippen LogP contribution is -2.40. The number of aryl methyl sites for hydroxylation is 1. The monoisotopic (exact) mass is 447 g/mol. The normalized spacial score (nSPS) is 12.3. The molecule has 3 aromatic rings. The van der Waals surface area contributed by atoms with Gasteiger partial charge in [-0.2, -0.15) is 0 Å². The molecule has 1 aromatic heterocycles. The SMILES string of the molecule is CCCCC(=O)N(CC(C)C)C(CC)c1nc2ccccc2c(=O)n1-c1ccc(CC)cc1. The number of hydrogen-bond donors (Lipinski definition) is 0. The Morgan fingerprint density at radius 3 is 2.33 bits per heavy atom. The van der Waals surface area contributed by atoms with Crippen LogP contribution in [0.15, 0.2) is 53.3 Å². The van der Waals surface area contributed by atoms with Crippen LogP contribution in [0.4, 0.5) is 0 Å². The van der Waals surface area contributed by atoms with Gasteiger partial charge in [-0.3, -0.25) is 14.2 Å². The number of fused-ring (bicyclic) bond motifs is 1. The molecule has 0 fully saturated rings. The molecule has 0 aliphatic heterocycles. The second-order valence-electron chi connectivity index (χ2n) is 9.12. The molecular weight excluding hydrogens is 410 g/mol. The summed E-state index contributed by atoms with van der Waals surface area (Å²) < 4.78 is 1.72. The number of carbonyl (C=O) groups excluding carboxylic acids is 1. The molecule has 33 heavy (non-hydrogen) atoms. The first kappa shape index (κ1) is 24.7. The van der Waals surface area contributed by atoms with Crippen LogP contribution in [-0.2, 0) is 11.2 Å². The van der Waals surface area contributed by atoms with Gasteiger partial charge in [0.25, 0.3) is 5.56 Å². The molecule has 5 nitrogen and oxygen atoms in total. The number of aromatic nitrogens is 2. The van der Waals surface area contributed by atoms with E-state index in [9.17, 15) is 9.59 Å². The van der Waals surface area contributed by atoms with Gasteiger partial charge < -0.3 is 4.90 Å². The van der Waals surface area contributed by atoms with E-state index in [0.29, 0.717) is 42.0 Å². The fourth-order valence-corrected chi connectivity index (χ4v) is 4.31. The first-order valence-corrected chi connectivity index (χ1v) is 12.3. The summed E-state index contributed by atoms with van der Waals surface area (Å²) in [5.41, 5.74) is 2.58. The largest absolute Gasteiger partial charge is 0.332 e. The quantitative estimate of drug-likeness (QED) is 0.379. The topological polar surface area (TPSA) is 55.2 Å². The van der Waals surface area contributed by atoms with Crippen LogP contribution in [0.2, 0.25) is 0 Å². The van der Waals surface area contributed by atoms with Crippen LogP contribution in [0, 0.1) is 5.92 Å². The summed E-state index contributed by atoms with van der Waals surface area (Å²) in [6.07, 6.45) is 3.97. The Bertz CT molecular complexity index is 1130. The number of amides is 1. The van der Waals surface area contributed by atoms with Gasteiger partial charge in [-0.1, -0.05) is 65.3 Å². The molecule has 0 spiro atoms. The van der Waals surface area contributed by atoms with Crippen LogP contribution < -0.4 is 5.56 Å². The Hall–Kier alpha value is -2.95. The van der Waals surface area contributed by atoms with Gasteiger partial charge in [0.15, 0.2) is 0 Å². The van der Waals surface area contributed by atoms with Crippen LogP contribution >= 0.6 is 0 Å². The lowest BCUT2D eigenvalue weighted by Gasteiger charge is -2.33. The summed E-state index contributed by atoms with van der Waals surface area (Å²) in [5.74, 6) is 1.08. The number of nitrogens with zero attached hydrogens (tertiary/aromatic N) is 3. The van der Waals surface area contributed by atoms with E-state index in [4.69, 9.17) is 4.98 Å². The Kier molecular flexibility index (Phi) is 8.43. The van der Waals surface area contributed by atoms with Gasteiger partial charge in [0, 0.05) is 13.0 Å². The molecule has 3 rings (SSSR count). The van der Waals surface area contributed by atoms with Crippen molar-refractivity contribution in [1.82, 2.24) is 14.5 Å². The van der Waals surface area contributed by atoms with Crippen molar-refractivity contribution in [2.45, 2.75) is 72.8 Å². The highest BCUT2D eigenvalue weighted by Crippen LogP contribution is 2.28. The van der Waals surface area contributed by atoms with Crippen LogP contribution in [0.1, 0.15) is 77.7 Å². The molecule has 1 atom stereocenters. The maximum Gasteiger partial charge on any atom is 0.266 e. The lowest BCUT2D eigenvalue weighted by atomic mass is 10.1. The molecule has 2 aromatic carbocycles. The molecule has 1 amide bonds. The maximum absolute atomic E-state index is 13.7. The standard InChI is InChI=1S/C28H37N3O2/c1-6-9-14-26(32)30(19-20(4)5)25(8-3)27-29-24-13-11-10-12-23(24)28(33)31(27)22-17-15-21(7-2)16-18-22/h10-13,15-18,20,25H,6-9,14,19H2,1-5H3. The lowest BCUT2D eigenvalue weighted by molar-refractivity contribution is -0.134. The zero-order chi connectivity index (χ0) is 24.0. The molecule has 176 valence electrons. The van der Waals surface area contributed by atoms with Crippen LogP contribution in [0.3, 0.4) is 0 Å². The zero-order valence-electron chi connectivity index (χ0n) is 20.7. The van der Waals surface area contributed by atoms with Gasteiger partial charge in [-0.05, 0) is 55.0 Å². The summed E-state index contributed by atoms with van der Waals surface area (Å²) in [6.45, 7) is 11.2. The van der Waals surface area contributed by atoms with E-state index < -0.39 is 0 Å². The third kappa shape index (κ3) is 5.52. The van der Waals surface area contributed by atoms with E-state index in [-0.39, 0.29) is 17.5 Å². The van der Waals surface area contributed by atoms with Crippen molar-refractivity contribution in [2.75, 3.05) is 6.54 Å². The Labute approximate surface area is 197 Å². The minimum absolute atomic E-state index is 0.0937. The number of rotatable bonds is 10. The third-order valence-corrected chi connectivity index (χ3v) is 6.09. The van der Waals surface area contributed by atoms with E-state index in [2.05, 4.69) is 46.8 Å². The number of unbranched alkanes of at least 4 members (excludes halogenated alkanes) is 1. The number of benzene rings is 2. The molecule has 0 saturated carbocycles. The van der Waals surface area contributed by atoms with Crippen LogP contribution in [0.25, 0.3) is 16.6 Å². The molecule has 0 N–H and O–H groups in total. The minimum Gasteiger partial charge on any atom is -0.332 e. The van der Waals surface area contributed by atoms with Crippen molar-refractivity contribution >= 4 is 16.8 Å². The van der Waals surface area contributed by atoms with E-state index in [1.165, 1.54) is 5.56 Å². The van der Waals surface area contributed by atoms with Crippen molar-refractivity contribution in [3.63, 3.8) is 0 Å². The van der Waals surface area contributed by atoms with E-state index in [1.807, 2.05) is 41.3 Å². The number of para-hydroxylation sites is 1. The smallest absolute Gasteiger partial charge is 0.266 e. The molecule has 0 bridgehead atoms. The predicted molar refractivity (Wildman–Crippen MR) is 136 cm³/mol. The van der Waals surface area contributed by atoms with Crippen LogP contribution in [0.5, 0.6) is 0 Å². The van der Waals surface area contributed by atoms with E-state index in [1.54, 1.807) is 4.57 Å². The molecule has 1 heterocycles. The predicted octanol–water partition coefficient (Wildman–Crippen LogP) is 6.07. The highest BCUT2D eigenvalue weighted by atomic mass is 16.2. The summed E-state index contributed by atoms with van der Waals surface area (Å²) in [5, 5.41) is 0.586. The first-order valence-electron chi connectivity index (χ1n) is 12.3. The average Bonchev–Trinajstić information content (AvgIpc) is 2.82. The van der Waals surface area contributed by atoms with Crippen molar-refractivity contribution < 1.29 is 4.79 Å². The van der Waals surface area contributed by atoms with Gasteiger partial charge in [-0.25, -0.2) is 4.98 Å². The van der Waals surface area contributed by atoms with Crippen molar-refractivity contribution in [2.24, 2.45) is 5.92 Å². The molecular formula is C28H37N3O2. The van der Waals surface area contributed by atoms with Gasteiger partial charge in [0.2, 0.25) is 5.91 Å². The molecule has 0 radical (unpaired) electrons. The van der Waals surface area contributed by atoms with Gasteiger partial charge in [0.05, 0.1) is 22.6 Å². The number of carbonyl (C=O) groups is 1. The Balaban J connectivity index is 2.24. The zero-order valence-corrected chi connectivity index (χ0v) is 20.7. The second kappa shape index (κ2) is 11.3. The molecule has 0 aliphatic rings. The number of hydrogen-bond acceptors (Lipinski definition) is 3. The van der Waals surface area contributed by atoms with Crippen molar-refractivity contribution in [1.29, 1.82) is 0 Å². The fourth-order valence-electron chi connectivity index (χ4n) is 4.31. The highest BCUT2D eigenvalue weighted by molar-refractivity contribution is 5.79. The average molecular weight is 448 g/mol. The molecule has 1 unspecified atom stereocenters. The van der Waals surface area contributed by atoms with Gasteiger partial charge >= 0.3 is 0 Å². The summed E-state index contributed by atoms with van der Waals surface area (Å²) in [7, 11) is 0.